The van der Waals surface area contributed by atoms with Gasteiger partial charge in [0, 0.05) is 25.1 Å². The minimum atomic E-state index is -3.55. The molecule has 1 fully saturated rings. The van der Waals surface area contributed by atoms with Crippen molar-refractivity contribution in [3.8, 4) is 17.2 Å². The number of methoxy groups -OCH3 is 3. The van der Waals surface area contributed by atoms with Gasteiger partial charge < -0.3 is 14.2 Å². The number of benzene rings is 2. The van der Waals surface area contributed by atoms with Crippen LogP contribution in [-0.4, -0.2) is 59.0 Å². The lowest BCUT2D eigenvalue weighted by molar-refractivity contribution is -0.121. The zero-order valence-corrected chi connectivity index (χ0v) is 20.2. The summed E-state index contributed by atoms with van der Waals surface area (Å²) in [5.41, 5.74) is 5.74. The SMILES string of the molecule is COc1cc(CCC(=O)NNC(=O)c2ccc(S(=O)(=O)N3CCCC3)cc2)cc(OC)c1OC. The number of nitrogens with zero attached hydrogens (tertiary/aromatic N) is 1. The van der Waals surface area contributed by atoms with Crippen molar-refractivity contribution < 1.29 is 32.2 Å². The normalized spacial score (nSPS) is 13.9. The highest BCUT2D eigenvalue weighted by atomic mass is 32.2. The Bertz CT molecular complexity index is 1100. The number of amides is 2. The summed E-state index contributed by atoms with van der Waals surface area (Å²) in [5.74, 6) is 0.493. The lowest BCUT2D eigenvalue weighted by Gasteiger charge is -2.15. The summed E-state index contributed by atoms with van der Waals surface area (Å²) < 4.78 is 42.5. The van der Waals surface area contributed by atoms with E-state index < -0.39 is 21.8 Å². The van der Waals surface area contributed by atoms with Gasteiger partial charge in [-0.3, -0.25) is 20.4 Å². The first kappa shape index (κ1) is 25.3. The number of rotatable bonds is 9. The van der Waals surface area contributed by atoms with E-state index >= 15 is 0 Å². The lowest BCUT2D eigenvalue weighted by Crippen LogP contribution is -2.41. The molecular weight excluding hydrogens is 462 g/mol. The van der Waals surface area contributed by atoms with Crippen LogP contribution in [0.2, 0.25) is 0 Å². The molecule has 1 aliphatic heterocycles. The summed E-state index contributed by atoms with van der Waals surface area (Å²) in [6.45, 7) is 1.01. The van der Waals surface area contributed by atoms with Crippen molar-refractivity contribution in [3.05, 3.63) is 47.5 Å². The van der Waals surface area contributed by atoms with E-state index in [0.29, 0.717) is 36.8 Å². The quantitative estimate of drug-likeness (QED) is 0.514. The number of carbonyl (C=O) groups excluding carboxylic acids is 2. The summed E-state index contributed by atoms with van der Waals surface area (Å²) in [6.07, 6.45) is 2.17. The van der Waals surface area contributed by atoms with Crippen LogP contribution in [0.5, 0.6) is 17.2 Å². The van der Waals surface area contributed by atoms with Gasteiger partial charge in [0.1, 0.15) is 0 Å². The molecular formula is C23H29N3O7S. The van der Waals surface area contributed by atoms with Crippen molar-refractivity contribution in [2.75, 3.05) is 34.4 Å². The number of aryl methyl sites for hydroxylation is 1. The molecule has 3 rings (SSSR count). The number of ether oxygens (including phenoxy) is 3. The fourth-order valence-corrected chi connectivity index (χ4v) is 5.17. The second-order valence-corrected chi connectivity index (χ2v) is 9.61. The Morgan fingerprint density at radius 3 is 2.03 bits per heavy atom. The van der Waals surface area contributed by atoms with E-state index in [1.807, 2.05) is 0 Å². The van der Waals surface area contributed by atoms with E-state index in [1.165, 1.54) is 49.9 Å². The molecule has 0 aromatic heterocycles. The van der Waals surface area contributed by atoms with Gasteiger partial charge in [-0.25, -0.2) is 8.42 Å². The lowest BCUT2D eigenvalue weighted by atomic mass is 10.1. The number of hydrogen-bond donors (Lipinski definition) is 2. The summed E-state index contributed by atoms with van der Waals surface area (Å²) in [4.78, 5) is 24.7. The van der Waals surface area contributed by atoms with Crippen LogP contribution in [0.15, 0.2) is 41.3 Å². The van der Waals surface area contributed by atoms with Crippen LogP contribution in [0.4, 0.5) is 0 Å². The topological polar surface area (TPSA) is 123 Å². The number of hydrogen-bond acceptors (Lipinski definition) is 7. The van der Waals surface area contributed by atoms with Gasteiger partial charge >= 0.3 is 0 Å². The molecule has 11 heteroatoms. The molecule has 2 aromatic rings. The molecule has 10 nitrogen and oxygen atoms in total. The van der Waals surface area contributed by atoms with Gasteiger partial charge in [0.05, 0.1) is 26.2 Å². The highest BCUT2D eigenvalue weighted by molar-refractivity contribution is 7.89. The standard InChI is InChI=1S/C23H29N3O7S/c1-31-19-14-16(15-20(32-2)22(19)33-3)6-11-21(27)24-25-23(28)17-7-9-18(10-8-17)34(29,30)26-12-4-5-13-26/h7-10,14-15H,4-6,11-13H2,1-3H3,(H,24,27)(H,25,28). The van der Waals surface area contributed by atoms with E-state index in [-0.39, 0.29) is 16.9 Å². The van der Waals surface area contributed by atoms with E-state index in [2.05, 4.69) is 10.9 Å². The van der Waals surface area contributed by atoms with Gasteiger partial charge in [-0.1, -0.05) is 0 Å². The predicted octanol–water partition coefficient (Wildman–Crippen LogP) is 1.89. The maximum atomic E-state index is 12.6. The molecule has 0 atom stereocenters. The molecule has 184 valence electrons. The molecule has 1 aliphatic rings. The summed E-state index contributed by atoms with van der Waals surface area (Å²) in [7, 11) is 0.984. The average Bonchev–Trinajstić information content (AvgIpc) is 3.41. The highest BCUT2D eigenvalue weighted by Crippen LogP contribution is 2.38. The maximum absolute atomic E-state index is 12.6. The molecule has 0 spiro atoms. The van der Waals surface area contributed by atoms with E-state index in [0.717, 1.165) is 18.4 Å². The number of hydrazine groups is 1. The third kappa shape index (κ3) is 5.78. The van der Waals surface area contributed by atoms with Gasteiger partial charge in [0.15, 0.2) is 11.5 Å². The number of carbonyl (C=O) groups is 2. The monoisotopic (exact) mass is 491 g/mol. The van der Waals surface area contributed by atoms with Crippen molar-refractivity contribution >= 4 is 21.8 Å². The van der Waals surface area contributed by atoms with E-state index in [4.69, 9.17) is 14.2 Å². The second-order valence-electron chi connectivity index (χ2n) is 7.67. The zero-order valence-electron chi connectivity index (χ0n) is 19.4. The Kier molecular flexibility index (Phi) is 8.35. The smallest absolute Gasteiger partial charge is 0.269 e. The molecule has 2 amide bonds. The third-order valence-electron chi connectivity index (χ3n) is 5.50. The van der Waals surface area contributed by atoms with Crippen LogP contribution in [0, 0.1) is 0 Å². The molecule has 0 radical (unpaired) electrons. The molecule has 2 aromatic carbocycles. The largest absolute Gasteiger partial charge is 0.493 e. The Morgan fingerprint density at radius 2 is 1.50 bits per heavy atom. The molecule has 1 heterocycles. The summed E-state index contributed by atoms with van der Waals surface area (Å²) in [5, 5.41) is 0. The average molecular weight is 492 g/mol. The minimum absolute atomic E-state index is 0.103. The molecule has 0 unspecified atom stereocenters. The fraction of sp³-hybridized carbons (Fsp3) is 0.391. The Labute approximate surface area is 199 Å². The van der Waals surface area contributed by atoms with Gasteiger partial charge in [-0.2, -0.15) is 4.31 Å². The molecule has 0 saturated carbocycles. The Morgan fingerprint density at radius 1 is 0.912 bits per heavy atom. The Hall–Kier alpha value is -3.31. The predicted molar refractivity (Wildman–Crippen MR) is 124 cm³/mol. The molecule has 0 bridgehead atoms. The first-order chi connectivity index (χ1) is 16.3. The van der Waals surface area contributed by atoms with Crippen LogP contribution in [0.25, 0.3) is 0 Å². The maximum Gasteiger partial charge on any atom is 0.269 e. The molecule has 0 aliphatic carbocycles. The van der Waals surface area contributed by atoms with Crippen LogP contribution < -0.4 is 25.1 Å². The van der Waals surface area contributed by atoms with Crippen molar-refractivity contribution in [1.82, 2.24) is 15.2 Å². The van der Waals surface area contributed by atoms with Crippen LogP contribution >= 0.6 is 0 Å². The van der Waals surface area contributed by atoms with Crippen LogP contribution in [0.1, 0.15) is 35.2 Å². The number of nitrogens with one attached hydrogen (secondary N) is 2. The van der Waals surface area contributed by atoms with Gasteiger partial charge in [0.2, 0.25) is 21.7 Å². The first-order valence-corrected chi connectivity index (χ1v) is 12.2. The van der Waals surface area contributed by atoms with Crippen molar-refractivity contribution in [2.45, 2.75) is 30.6 Å². The second kappa shape index (κ2) is 11.2. The summed E-state index contributed by atoms with van der Waals surface area (Å²) >= 11 is 0. The zero-order chi connectivity index (χ0) is 24.7. The van der Waals surface area contributed by atoms with Gasteiger partial charge in [-0.05, 0) is 61.2 Å². The third-order valence-corrected chi connectivity index (χ3v) is 7.41. The first-order valence-electron chi connectivity index (χ1n) is 10.8. The van der Waals surface area contributed by atoms with Gasteiger partial charge in [-0.15, -0.1) is 0 Å². The van der Waals surface area contributed by atoms with Crippen molar-refractivity contribution in [3.63, 3.8) is 0 Å². The van der Waals surface area contributed by atoms with Crippen LogP contribution in [0.3, 0.4) is 0 Å². The molecule has 34 heavy (non-hydrogen) atoms. The van der Waals surface area contributed by atoms with Crippen molar-refractivity contribution in [2.24, 2.45) is 0 Å². The minimum Gasteiger partial charge on any atom is -0.493 e. The van der Waals surface area contributed by atoms with E-state index in [1.54, 1.807) is 12.1 Å². The Balaban J connectivity index is 1.54. The van der Waals surface area contributed by atoms with E-state index in [9.17, 15) is 18.0 Å². The van der Waals surface area contributed by atoms with Gasteiger partial charge in [0.25, 0.3) is 5.91 Å². The molecule has 1 saturated heterocycles. The highest BCUT2D eigenvalue weighted by Gasteiger charge is 2.27. The number of sulfonamides is 1. The van der Waals surface area contributed by atoms with Crippen LogP contribution in [-0.2, 0) is 21.2 Å². The summed E-state index contributed by atoms with van der Waals surface area (Å²) in [6, 6.07) is 9.14. The fourth-order valence-electron chi connectivity index (χ4n) is 3.65. The van der Waals surface area contributed by atoms with Crippen molar-refractivity contribution in [1.29, 1.82) is 0 Å². The molecule has 2 N–H and O–H groups in total.